The van der Waals surface area contributed by atoms with Crippen molar-refractivity contribution in [3.63, 3.8) is 0 Å². The van der Waals surface area contributed by atoms with E-state index in [-0.39, 0.29) is 0 Å². The van der Waals surface area contributed by atoms with Gasteiger partial charge in [-0.15, -0.1) is 0 Å². The summed E-state index contributed by atoms with van der Waals surface area (Å²) in [5, 5.41) is 0. The van der Waals surface area contributed by atoms with Crippen molar-refractivity contribution >= 4 is 0 Å². The molecule has 8 atom stereocenters. The molecule has 0 N–H and O–H groups in total. The quantitative estimate of drug-likeness (QED) is 0.359. The van der Waals surface area contributed by atoms with Gasteiger partial charge in [0.05, 0.1) is 0 Å². The highest BCUT2D eigenvalue weighted by molar-refractivity contribution is 5.10. The first-order valence-corrected chi connectivity index (χ1v) is 14.4. The Morgan fingerprint density at radius 1 is 0.871 bits per heavy atom. The summed E-state index contributed by atoms with van der Waals surface area (Å²) in [6.45, 7) is 23.1. The molecule has 31 heavy (non-hydrogen) atoms. The molecule has 3 unspecified atom stereocenters. The molecule has 3 saturated carbocycles. The minimum atomic E-state index is 0.482. The number of fused-ring (bicyclic) bond motifs is 1. The molecule has 0 aromatic carbocycles. The van der Waals surface area contributed by atoms with Crippen molar-refractivity contribution < 1.29 is 0 Å². The lowest BCUT2D eigenvalue weighted by molar-refractivity contribution is -0.0743. The Morgan fingerprint density at radius 2 is 1.58 bits per heavy atom. The van der Waals surface area contributed by atoms with Crippen LogP contribution in [0.4, 0.5) is 0 Å². The van der Waals surface area contributed by atoms with Crippen molar-refractivity contribution in [3.05, 3.63) is 0 Å². The maximum absolute atomic E-state index is 2.75. The zero-order chi connectivity index (χ0) is 23.0. The molecular weight excluding hydrogens is 372 g/mol. The zero-order valence-corrected chi connectivity index (χ0v) is 23.0. The second-order valence-electron chi connectivity index (χ2n) is 14.7. The highest BCUT2D eigenvalue weighted by Crippen LogP contribution is 2.70. The van der Waals surface area contributed by atoms with Crippen LogP contribution in [0.25, 0.3) is 0 Å². The summed E-state index contributed by atoms with van der Waals surface area (Å²) in [7, 11) is 0. The van der Waals surface area contributed by atoms with Crippen LogP contribution < -0.4 is 0 Å². The van der Waals surface area contributed by atoms with Gasteiger partial charge in [-0.05, 0) is 115 Å². The molecule has 0 nitrogen and oxygen atoms in total. The van der Waals surface area contributed by atoms with Gasteiger partial charge in [0.1, 0.15) is 0 Å². The van der Waals surface area contributed by atoms with Crippen LogP contribution in [0.2, 0.25) is 0 Å². The van der Waals surface area contributed by atoms with Crippen LogP contribution in [0.1, 0.15) is 139 Å². The van der Waals surface area contributed by atoms with Gasteiger partial charge in [-0.1, -0.05) is 81.6 Å². The molecule has 0 aromatic rings. The molecule has 0 spiro atoms. The molecular formula is C31H58. The molecule has 0 aromatic heterocycles. The third-order valence-electron chi connectivity index (χ3n) is 11.4. The van der Waals surface area contributed by atoms with Crippen LogP contribution in [-0.4, -0.2) is 0 Å². The Labute approximate surface area is 197 Å². The standard InChI is InChI=1S/C31H58/c1-22(2)19-24(4)21-29(6,7)28-16-18-30(8)27(11-10-17-31(28,30)9)15-14-26-20-23(3)12-13-25(26)5/h22-28H,10-21H2,1-9H3/t23-,24-,25?,26?,27?,28+,30-,31+/m0/s1. The van der Waals surface area contributed by atoms with E-state index in [1.807, 2.05) is 0 Å². The summed E-state index contributed by atoms with van der Waals surface area (Å²) in [6.07, 6.45) is 17.8. The monoisotopic (exact) mass is 430 g/mol. The maximum Gasteiger partial charge on any atom is -0.0236 e. The first kappa shape index (κ1) is 25.6. The SMILES string of the molecule is CC(C)C[C@H](C)CC(C)(C)[C@H]1CC[C@@]2(C)C(CCC3C[C@@H](C)CCC3C)CCC[C@]12C. The summed E-state index contributed by atoms with van der Waals surface area (Å²) in [5.41, 5.74) is 1.62. The molecule has 0 heterocycles. The summed E-state index contributed by atoms with van der Waals surface area (Å²) in [6, 6.07) is 0. The van der Waals surface area contributed by atoms with E-state index >= 15 is 0 Å². The van der Waals surface area contributed by atoms with Crippen LogP contribution in [-0.2, 0) is 0 Å². The van der Waals surface area contributed by atoms with Gasteiger partial charge in [-0.3, -0.25) is 0 Å². The van der Waals surface area contributed by atoms with Gasteiger partial charge in [0.25, 0.3) is 0 Å². The van der Waals surface area contributed by atoms with Crippen LogP contribution in [0.15, 0.2) is 0 Å². The van der Waals surface area contributed by atoms with Crippen molar-refractivity contribution in [2.24, 2.45) is 57.7 Å². The second-order valence-corrected chi connectivity index (χ2v) is 14.7. The molecule has 3 rings (SSSR count). The highest BCUT2D eigenvalue weighted by atomic mass is 14.7. The summed E-state index contributed by atoms with van der Waals surface area (Å²) in [4.78, 5) is 0. The third kappa shape index (κ3) is 5.24. The van der Waals surface area contributed by atoms with E-state index in [4.69, 9.17) is 0 Å². The van der Waals surface area contributed by atoms with Crippen molar-refractivity contribution in [2.45, 2.75) is 139 Å². The smallest absolute Gasteiger partial charge is 0.0236 e. The average Bonchev–Trinajstić information content (AvgIpc) is 2.93. The van der Waals surface area contributed by atoms with Crippen molar-refractivity contribution in [2.75, 3.05) is 0 Å². The fraction of sp³-hybridized carbons (Fsp3) is 1.00. The van der Waals surface area contributed by atoms with Crippen molar-refractivity contribution in [1.29, 1.82) is 0 Å². The lowest BCUT2D eigenvalue weighted by atomic mass is 9.48. The minimum Gasteiger partial charge on any atom is -0.0628 e. The fourth-order valence-corrected chi connectivity index (χ4v) is 9.72. The largest absolute Gasteiger partial charge is 0.0628 e. The molecule has 0 radical (unpaired) electrons. The Balaban J connectivity index is 1.70. The van der Waals surface area contributed by atoms with Crippen LogP contribution in [0, 0.1) is 57.7 Å². The Hall–Kier alpha value is 0. The third-order valence-corrected chi connectivity index (χ3v) is 11.4. The lowest BCUT2D eigenvalue weighted by Crippen LogP contribution is -2.49. The summed E-state index contributed by atoms with van der Waals surface area (Å²) < 4.78 is 0. The van der Waals surface area contributed by atoms with Crippen molar-refractivity contribution in [1.82, 2.24) is 0 Å². The fourth-order valence-electron chi connectivity index (χ4n) is 9.72. The normalized spacial score (nSPS) is 42.6. The zero-order valence-electron chi connectivity index (χ0n) is 23.0. The van der Waals surface area contributed by atoms with E-state index in [0.29, 0.717) is 16.2 Å². The molecule has 3 aliphatic carbocycles. The molecule has 0 bridgehead atoms. The Bertz CT molecular complexity index is 573. The number of hydrogen-bond acceptors (Lipinski definition) is 0. The van der Waals surface area contributed by atoms with E-state index in [9.17, 15) is 0 Å². The van der Waals surface area contributed by atoms with E-state index < -0.39 is 0 Å². The number of rotatable bonds is 8. The first-order chi connectivity index (χ1) is 14.4. The van der Waals surface area contributed by atoms with Gasteiger partial charge >= 0.3 is 0 Å². The van der Waals surface area contributed by atoms with E-state index in [0.717, 1.165) is 41.4 Å². The molecule has 3 aliphatic rings. The van der Waals surface area contributed by atoms with E-state index in [1.54, 1.807) is 0 Å². The topological polar surface area (TPSA) is 0 Å². The maximum atomic E-state index is 2.75. The van der Waals surface area contributed by atoms with E-state index in [1.165, 1.54) is 77.0 Å². The molecule has 0 amide bonds. The molecule has 0 heteroatoms. The molecule has 0 aliphatic heterocycles. The van der Waals surface area contributed by atoms with Gasteiger partial charge in [-0.2, -0.15) is 0 Å². The predicted octanol–water partition coefficient (Wildman–Crippen LogP) is 10.2. The number of hydrogen-bond donors (Lipinski definition) is 0. The molecule has 0 saturated heterocycles. The first-order valence-electron chi connectivity index (χ1n) is 14.4. The Morgan fingerprint density at radius 3 is 2.26 bits per heavy atom. The van der Waals surface area contributed by atoms with Gasteiger partial charge in [0.2, 0.25) is 0 Å². The lowest BCUT2D eigenvalue weighted by Gasteiger charge is -2.56. The summed E-state index contributed by atoms with van der Waals surface area (Å²) >= 11 is 0. The minimum absolute atomic E-state index is 0.482. The predicted molar refractivity (Wildman–Crippen MR) is 138 cm³/mol. The van der Waals surface area contributed by atoms with Gasteiger partial charge in [-0.25, -0.2) is 0 Å². The molecule has 3 fully saturated rings. The van der Waals surface area contributed by atoms with Gasteiger partial charge in [0.15, 0.2) is 0 Å². The second kappa shape index (κ2) is 9.70. The molecule has 182 valence electrons. The van der Waals surface area contributed by atoms with Crippen LogP contribution >= 0.6 is 0 Å². The Kier molecular flexibility index (Phi) is 8.02. The average molecular weight is 431 g/mol. The van der Waals surface area contributed by atoms with Gasteiger partial charge < -0.3 is 0 Å². The van der Waals surface area contributed by atoms with E-state index in [2.05, 4.69) is 62.3 Å². The summed E-state index contributed by atoms with van der Waals surface area (Å²) in [5.74, 6) is 6.53. The highest BCUT2D eigenvalue weighted by Gasteiger charge is 2.61. The van der Waals surface area contributed by atoms with Gasteiger partial charge in [0, 0.05) is 0 Å². The van der Waals surface area contributed by atoms with Crippen LogP contribution in [0.5, 0.6) is 0 Å². The van der Waals surface area contributed by atoms with Crippen molar-refractivity contribution in [3.8, 4) is 0 Å². The van der Waals surface area contributed by atoms with Crippen LogP contribution in [0.3, 0.4) is 0 Å².